The van der Waals surface area contributed by atoms with Crippen LogP contribution in [0.25, 0.3) is 28.5 Å². The standard InChI is InChI=1S/C28H36ClN5O2/c1-4-35-14-12-24-30-25(22-6-5-7-23(29)16-22)26-27(31-24)32-28(33-13-15-36-18-20(33)3)34(26)17-21-10-8-19(2)9-11-21/h5-7,12,14,16,19-21H,4,8-11,13,15,17-18H2,1-3H3/b14-12+/t19-,20-,21-/m1/s1. The number of rotatable bonds is 7. The largest absolute Gasteiger partial charge is 0.501 e. The number of anilines is 1. The molecule has 0 spiro atoms. The Bertz CT molecular complexity index is 1220. The summed E-state index contributed by atoms with van der Waals surface area (Å²) in [5, 5.41) is 0.681. The lowest BCUT2D eigenvalue weighted by Gasteiger charge is -2.35. The van der Waals surface area contributed by atoms with Gasteiger partial charge in [-0.3, -0.25) is 0 Å². The van der Waals surface area contributed by atoms with Gasteiger partial charge in [-0.15, -0.1) is 0 Å². The monoisotopic (exact) mass is 509 g/mol. The fourth-order valence-electron chi connectivity index (χ4n) is 5.34. The Morgan fingerprint density at radius 3 is 2.72 bits per heavy atom. The molecule has 0 radical (unpaired) electrons. The summed E-state index contributed by atoms with van der Waals surface area (Å²) in [6.07, 6.45) is 8.49. The number of halogens is 1. The summed E-state index contributed by atoms with van der Waals surface area (Å²) in [6.45, 7) is 10.2. The van der Waals surface area contributed by atoms with Crippen LogP contribution in [0.5, 0.6) is 0 Å². The molecule has 1 saturated carbocycles. The van der Waals surface area contributed by atoms with Gasteiger partial charge in [0.05, 0.1) is 32.1 Å². The summed E-state index contributed by atoms with van der Waals surface area (Å²) in [6, 6.07) is 8.12. The summed E-state index contributed by atoms with van der Waals surface area (Å²) < 4.78 is 13.6. The second-order valence-corrected chi connectivity index (χ2v) is 10.6. The van der Waals surface area contributed by atoms with Crippen molar-refractivity contribution in [3.8, 4) is 11.3 Å². The first-order chi connectivity index (χ1) is 17.5. The molecular formula is C28H36ClN5O2. The third-order valence-corrected chi connectivity index (χ3v) is 7.61. The van der Waals surface area contributed by atoms with Crippen molar-refractivity contribution in [2.45, 2.75) is 59.0 Å². The number of hydrogen-bond donors (Lipinski definition) is 0. The van der Waals surface area contributed by atoms with Crippen LogP contribution in [-0.4, -0.2) is 51.9 Å². The maximum Gasteiger partial charge on any atom is 0.208 e. The fraction of sp³-hybridized carbons (Fsp3) is 0.536. The van der Waals surface area contributed by atoms with E-state index in [1.807, 2.05) is 25.1 Å². The lowest BCUT2D eigenvalue weighted by Crippen LogP contribution is -2.45. The topological polar surface area (TPSA) is 65.3 Å². The predicted octanol–water partition coefficient (Wildman–Crippen LogP) is 6.21. The molecule has 1 saturated heterocycles. The molecule has 8 heteroatoms. The Morgan fingerprint density at radius 2 is 1.97 bits per heavy atom. The summed E-state index contributed by atoms with van der Waals surface area (Å²) >= 11 is 6.42. The van der Waals surface area contributed by atoms with E-state index in [9.17, 15) is 0 Å². The van der Waals surface area contributed by atoms with Crippen LogP contribution in [0, 0.1) is 11.8 Å². The summed E-state index contributed by atoms with van der Waals surface area (Å²) in [5.74, 6) is 2.95. The SMILES string of the molecule is CCO/C=C/c1nc(-c2cccc(Cl)c2)c2c(n1)nc(N1CCOC[C@H]1C)n2C[C@H]1CC[C@H](C)CC1. The van der Waals surface area contributed by atoms with Crippen LogP contribution < -0.4 is 4.90 Å². The van der Waals surface area contributed by atoms with E-state index < -0.39 is 0 Å². The Morgan fingerprint density at radius 1 is 1.14 bits per heavy atom. The van der Waals surface area contributed by atoms with E-state index in [-0.39, 0.29) is 6.04 Å². The molecule has 0 amide bonds. The highest BCUT2D eigenvalue weighted by Gasteiger charge is 2.29. The first-order valence-corrected chi connectivity index (χ1v) is 13.6. The number of aromatic nitrogens is 4. The van der Waals surface area contributed by atoms with Crippen LogP contribution in [-0.2, 0) is 16.0 Å². The van der Waals surface area contributed by atoms with E-state index in [4.69, 9.17) is 36.0 Å². The van der Waals surface area contributed by atoms with Crippen LogP contribution in [0.15, 0.2) is 30.5 Å². The smallest absolute Gasteiger partial charge is 0.208 e. The minimum absolute atomic E-state index is 0.237. The average molecular weight is 510 g/mol. The Kier molecular flexibility index (Phi) is 7.77. The predicted molar refractivity (Wildman–Crippen MR) is 145 cm³/mol. The number of benzene rings is 1. The normalized spacial score (nSPS) is 23.0. The van der Waals surface area contributed by atoms with E-state index in [0.29, 0.717) is 42.2 Å². The van der Waals surface area contributed by atoms with Crippen molar-refractivity contribution < 1.29 is 9.47 Å². The lowest BCUT2D eigenvalue weighted by molar-refractivity contribution is 0.0976. The third-order valence-electron chi connectivity index (χ3n) is 7.38. The number of fused-ring (bicyclic) bond motifs is 1. The molecule has 1 aliphatic carbocycles. The minimum atomic E-state index is 0.237. The molecule has 192 valence electrons. The van der Waals surface area contributed by atoms with E-state index in [2.05, 4.69) is 29.4 Å². The van der Waals surface area contributed by atoms with E-state index in [1.54, 1.807) is 12.3 Å². The fourth-order valence-corrected chi connectivity index (χ4v) is 5.53. The molecule has 1 atom stereocenters. The molecule has 0 bridgehead atoms. The minimum Gasteiger partial charge on any atom is -0.501 e. The van der Waals surface area contributed by atoms with E-state index >= 15 is 0 Å². The van der Waals surface area contributed by atoms with Crippen molar-refractivity contribution in [2.75, 3.05) is 31.3 Å². The molecule has 0 N–H and O–H groups in total. The van der Waals surface area contributed by atoms with Crippen molar-refractivity contribution >= 4 is 34.8 Å². The maximum atomic E-state index is 6.42. The molecule has 2 aromatic heterocycles. The molecule has 3 heterocycles. The Hall–Kier alpha value is -2.64. The summed E-state index contributed by atoms with van der Waals surface area (Å²) in [4.78, 5) is 17.4. The van der Waals surface area contributed by atoms with Gasteiger partial charge < -0.3 is 18.9 Å². The van der Waals surface area contributed by atoms with E-state index in [1.165, 1.54) is 25.7 Å². The van der Waals surface area contributed by atoms with Crippen LogP contribution in [0.3, 0.4) is 0 Å². The molecule has 2 aliphatic rings. The zero-order chi connectivity index (χ0) is 25.1. The van der Waals surface area contributed by atoms with Gasteiger partial charge in [-0.2, -0.15) is 4.98 Å². The lowest BCUT2D eigenvalue weighted by atomic mass is 9.83. The van der Waals surface area contributed by atoms with Gasteiger partial charge in [0.1, 0.15) is 11.2 Å². The molecular weight excluding hydrogens is 474 g/mol. The molecule has 1 aromatic carbocycles. The van der Waals surface area contributed by atoms with Crippen molar-refractivity contribution in [3.05, 3.63) is 41.4 Å². The van der Waals surface area contributed by atoms with Gasteiger partial charge in [0.2, 0.25) is 5.95 Å². The highest BCUT2D eigenvalue weighted by molar-refractivity contribution is 6.30. The van der Waals surface area contributed by atoms with Crippen molar-refractivity contribution in [3.63, 3.8) is 0 Å². The number of ether oxygens (including phenoxy) is 2. The maximum absolute atomic E-state index is 6.42. The van der Waals surface area contributed by atoms with Crippen LogP contribution in [0.2, 0.25) is 5.02 Å². The second-order valence-electron chi connectivity index (χ2n) is 10.1. The highest BCUT2D eigenvalue weighted by Crippen LogP contribution is 2.36. The van der Waals surface area contributed by atoms with E-state index in [0.717, 1.165) is 41.7 Å². The van der Waals surface area contributed by atoms with Gasteiger partial charge in [0.15, 0.2) is 11.5 Å². The molecule has 0 unspecified atom stereocenters. The molecule has 36 heavy (non-hydrogen) atoms. The van der Waals surface area contributed by atoms with Crippen molar-refractivity contribution in [1.29, 1.82) is 0 Å². The van der Waals surface area contributed by atoms with Gasteiger partial charge in [0.25, 0.3) is 0 Å². The number of morpholine rings is 1. The quantitative estimate of drug-likeness (QED) is 0.353. The Balaban J connectivity index is 1.69. The average Bonchev–Trinajstić information content (AvgIpc) is 3.23. The molecule has 7 nitrogen and oxygen atoms in total. The van der Waals surface area contributed by atoms with Crippen LogP contribution in [0.1, 0.15) is 52.3 Å². The third kappa shape index (κ3) is 5.37. The second kappa shape index (κ2) is 11.2. The first kappa shape index (κ1) is 25.0. The van der Waals surface area contributed by atoms with Gasteiger partial charge in [-0.05, 0) is 50.7 Å². The van der Waals surface area contributed by atoms with Gasteiger partial charge in [-0.1, -0.05) is 43.5 Å². The number of imidazole rings is 1. The first-order valence-electron chi connectivity index (χ1n) is 13.2. The van der Waals surface area contributed by atoms with Crippen molar-refractivity contribution in [1.82, 2.24) is 19.5 Å². The molecule has 3 aromatic rings. The number of hydrogen-bond acceptors (Lipinski definition) is 6. The molecule has 1 aliphatic heterocycles. The zero-order valence-corrected chi connectivity index (χ0v) is 22.2. The van der Waals surface area contributed by atoms with Crippen LogP contribution >= 0.6 is 11.6 Å². The van der Waals surface area contributed by atoms with Gasteiger partial charge >= 0.3 is 0 Å². The molecule has 5 rings (SSSR count). The zero-order valence-electron chi connectivity index (χ0n) is 21.5. The highest BCUT2D eigenvalue weighted by atomic mass is 35.5. The van der Waals surface area contributed by atoms with Gasteiger partial charge in [-0.25, -0.2) is 9.97 Å². The van der Waals surface area contributed by atoms with Crippen molar-refractivity contribution in [2.24, 2.45) is 11.8 Å². The van der Waals surface area contributed by atoms with Gasteiger partial charge in [0, 0.05) is 29.8 Å². The Labute approximate surface area is 218 Å². The summed E-state index contributed by atoms with van der Waals surface area (Å²) in [7, 11) is 0. The molecule has 2 fully saturated rings. The summed E-state index contributed by atoms with van der Waals surface area (Å²) in [5.41, 5.74) is 3.48. The number of nitrogens with zero attached hydrogens (tertiary/aromatic N) is 5. The van der Waals surface area contributed by atoms with Crippen LogP contribution in [0.4, 0.5) is 5.95 Å².